The van der Waals surface area contributed by atoms with Crippen molar-refractivity contribution in [2.24, 2.45) is 0 Å². The molecule has 0 atom stereocenters. The van der Waals surface area contributed by atoms with E-state index in [1.807, 2.05) is 6.07 Å². The van der Waals surface area contributed by atoms with Gasteiger partial charge >= 0.3 is 11.9 Å². The molecule has 1 heterocycles. The number of hydrogen-bond donors (Lipinski definition) is 0. The van der Waals surface area contributed by atoms with Gasteiger partial charge in [-0.1, -0.05) is 30.3 Å². The Hall–Kier alpha value is -2.83. The Kier molecular flexibility index (Phi) is 5.13. The summed E-state index contributed by atoms with van der Waals surface area (Å²) in [5.74, 6) is -1.53. The highest BCUT2D eigenvalue weighted by Gasteiger charge is 2.22. The van der Waals surface area contributed by atoms with Crippen molar-refractivity contribution in [2.75, 3.05) is 13.2 Å². The van der Waals surface area contributed by atoms with Crippen LogP contribution in [0.4, 0.5) is 0 Å². The molecule has 114 valence electrons. The van der Waals surface area contributed by atoms with Crippen molar-refractivity contribution in [2.45, 2.75) is 13.8 Å². The lowest BCUT2D eigenvalue weighted by molar-refractivity contribution is 0.0492. The standard InChI is InChI=1S/C15H15N3O4/c1-3-21-14(19)12-11(10-8-6-5-7-9-10)16-13(18-17-12)15(20)22-4-2/h5-9H,3-4H2,1-2H3. The van der Waals surface area contributed by atoms with Crippen LogP contribution in [0.1, 0.15) is 35.0 Å². The van der Waals surface area contributed by atoms with Gasteiger partial charge in [-0.05, 0) is 13.8 Å². The van der Waals surface area contributed by atoms with Crippen molar-refractivity contribution >= 4 is 11.9 Å². The maximum atomic E-state index is 12.0. The molecule has 0 unspecified atom stereocenters. The lowest BCUT2D eigenvalue weighted by Crippen LogP contribution is -2.17. The predicted octanol–water partition coefficient (Wildman–Crippen LogP) is 1.89. The fraction of sp³-hybridized carbons (Fsp3) is 0.267. The second kappa shape index (κ2) is 7.26. The molecule has 1 aromatic carbocycles. The summed E-state index contributed by atoms with van der Waals surface area (Å²) in [5.41, 5.74) is 0.823. The van der Waals surface area contributed by atoms with Gasteiger partial charge in [0.2, 0.25) is 0 Å². The van der Waals surface area contributed by atoms with Gasteiger partial charge in [-0.15, -0.1) is 10.2 Å². The molecular formula is C15H15N3O4. The van der Waals surface area contributed by atoms with Crippen LogP contribution < -0.4 is 0 Å². The van der Waals surface area contributed by atoms with Crippen LogP contribution >= 0.6 is 0 Å². The molecule has 7 nitrogen and oxygen atoms in total. The van der Waals surface area contributed by atoms with E-state index in [-0.39, 0.29) is 30.4 Å². The van der Waals surface area contributed by atoms with Crippen LogP contribution in [-0.2, 0) is 9.47 Å². The number of rotatable bonds is 5. The van der Waals surface area contributed by atoms with Crippen molar-refractivity contribution < 1.29 is 19.1 Å². The zero-order valence-corrected chi connectivity index (χ0v) is 12.3. The Bertz CT molecular complexity index is 674. The highest BCUT2D eigenvalue weighted by molar-refractivity contribution is 5.95. The number of benzene rings is 1. The molecule has 0 radical (unpaired) electrons. The third-order valence-electron chi connectivity index (χ3n) is 2.66. The van der Waals surface area contributed by atoms with Gasteiger partial charge in [0.25, 0.3) is 5.82 Å². The van der Waals surface area contributed by atoms with Gasteiger partial charge in [0.1, 0.15) is 5.69 Å². The Morgan fingerprint density at radius 3 is 2.23 bits per heavy atom. The number of aromatic nitrogens is 3. The third kappa shape index (κ3) is 3.43. The van der Waals surface area contributed by atoms with Crippen molar-refractivity contribution in [1.82, 2.24) is 15.2 Å². The number of hydrogen-bond acceptors (Lipinski definition) is 7. The number of esters is 2. The first-order valence-corrected chi connectivity index (χ1v) is 6.81. The molecule has 0 saturated heterocycles. The van der Waals surface area contributed by atoms with E-state index in [4.69, 9.17) is 9.47 Å². The van der Waals surface area contributed by atoms with Gasteiger partial charge in [-0.3, -0.25) is 0 Å². The van der Waals surface area contributed by atoms with E-state index in [1.54, 1.807) is 38.1 Å². The van der Waals surface area contributed by atoms with Gasteiger partial charge < -0.3 is 9.47 Å². The quantitative estimate of drug-likeness (QED) is 0.779. The molecule has 0 fully saturated rings. The molecule has 1 aromatic heterocycles. The number of carbonyl (C=O) groups excluding carboxylic acids is 2. The molecule has 0 amide bonds. The fourth-order valence-electron chi connectivity index (χ4n) is 1.74. The van der Waals surface area contributed by atoms with E-state index >= 15 is 0 Å². The summed E-state index contributed by atoms with van der Waals surface area (Å²) in [5, 5.41) is 7.44. The molecule has 2 rings (SSSR count). The van der Waals surface area contributed by atoms with E-state index < -0.39 is 11.9 Å². The van der Waals surface area contributed by atoms with E-state index in [1.165, 1.54) is 0 Å². The minimum absolute atomic E-state index is 0.0406. The second-order valence-electron chi connectivity index (χ2n) is 4.14. The van der Waals surface area contributed by atoms with Crippen LogP contribution in [0.25, 0.3) is 11.3 Å². The molecule has 0 bridgehead atoms. The predicted molar refractivity (Wildman–Crippen MR) is 77.2 cm³/mol. The average Bonchev–Trinajstić information content (AvgIpc) is 2.55. The van der Waals surface area contributed by atoms with Gasteiger partial charge in [0.05, 0.1) is 13.2 Å². The Labute approximate surface area is 127 Å². The minimum Gasteiger partial charge on any atom is -0.461 e. The van der Waals surface area contributed by atoms with E-state index in [0.29, 0.717) is 5.56 Å². The summed E-state index contributed by atoms with van der Waals surface area (Å²) < 4.78 is 9.79. The summed E-state index contributed by atoms with van der Waals surface area (Å²) in [6, 6.07) is 8.91. The van der Waals surface area contributed by atoms with Crippen molar-refractivity contribution in [3.8, 4) is 11.3 Å². The lowest BCUT2D eigenvalue weighted by atomic mass is 10.1. The minimum atomic E-state index is -0.692. The summed E-state index contributed by atoms with van der Waals surface area (Å²) in [4.78, 5) is 27.8. The molecule has 22 heavy (non-hydrogen) atoms. The first-order chi connectivity index (χ1) is 10.7. The maximum absolute atomic E-state index is 12.0. The molecule has 7 heteroatoms. The third-order valence-corrected chi connectivity index (χ3v) is 2.66. The van der Waals surface area contributed by atoms with Gasteiger partial charge in [-0.25, -0.2) is 14.6 Å². The molecule has 0 aliphatic heterocycles. The number of carbonyl (C=O) groups is 2. The van der Waals surface area contributed by atoms with Gasteiger partial charge in [0, 0.05) is 5.56 Å². The summed E-state index contributed by atoms with van der Waals surface area (Å²) in [7, 11) is 0. The number of ether oxygens (including phenoxy) is 2. The zero-order chi connectivity index (χ0) is 15.9. The molecule has 0 saturated carbocycles. The first kappa shape index (κ1) is 15.6. The van der Waals surface area contributed by atoms with E-state index in [2.05, 4.69) is 15.2 Å². The van der Waals surface area contributed by atoms with E-state index in [0.717, 1.165) is 0 Å². The smallest absolute Gasteiger partial charge is 0.378 e. The van der Waals surface area contributed by atoms with Crippen molar-refractivity contribution in [1.29, 1.82) is 0 Å². The maximum Gasteiger partial charge on any atom is 0.378 e. The molecule has 0 N–H and O–H groups in total. The second-order valence-corrected chi connectivity index (χ2v) is 4.14. The summed E-state index contributed by atoms with van der Waals surface area (Å²) >= 11 is 0. The van der Waals surface area contributed by atoms with Gasteiger partial charge in [0.15, 0.2) is 5.69 Å². The van der Waals surface area contributed by atoms with Gasteiger partial charge in [-0.2, -0.15) is 0 Å². The number of nitrogens with zero attached hydrogens (tertiary/aromatic N) is 3. The van der Waals surface area contributed by atoms with Crippen molar-refractivity contribution in [3.63, 3.8) is 0 Å². The monoisotopic (exact) mass is 301 g/mol. The normalized spacial score (nSPS) is 10.1. The van der Waals surface area contributed by atoms with Crippen LogP contribution in [-0.4, -0.2) is 40.3 Å². The lowest BCUT2D eigenvalue weighted by Gasteiger charge is -2.08. The van der Waals surface area contributed by atoms with Crippen LogP contribution in [0, 0.1) is 0 Å². The largest absolute Gasteiger partial charge is 0.461 e. The van der Waals surface area contributed by atoms with Crippen molar-refractivity contribution in [3.05, 3.63) is 41.9 Å². The first-order valence-electron chi connectivity index (χ1n) is 6.81. The average molecular weight is 301 g/mol. The molecule has 0 spiro atoms. The Balaban J connectivity index is 2.51. The van der Waals surface area contributed by atoms with Crippen LogP contribution in [0.5, 0.6) is 0 Å². The zero-order valence-electron chi connectivity index (χ0n) is 12.3. The molecular weight excluding hydrogens is 286 g/mol. The fourth-order valence-corrected chi connectivity index (χ4v) is 1.74. The highest BCUT2D eigenvalue weighted by Crippen LogP contribution is 2.20. The SMILES string of the molecule is CCOC(=O)c1nnc(C(=O)OCC)c(-c2ccccc2)n1. The van der Waals surface area contributed by atoms with Crippen LogP contribution in [0.15, 0.2) is 30.3 Å². The Morgan fingerprint density at radius 2 is 1.59 bits per heavy atom. The Morgan fingerprint density at radius 1 is 0.955 bits per heavy atom. The van der Waals surface area contributed by atoms with Crippen LogP contribution in [0.3, 0.4) is 0 Å². The highest BCUT2D eigenvalue weighted by atomic mass is 16.5. The topological polar surface area (TPSA) is 91.3 Å². The molecule has 2 aromatic rings. The molecule has 0 aliphatic rings. The van der Waals surface area contributed by atoms with Crippen LogP contribution in [0.2, 0.25) is 0 Å². The summed E-state index contributed by atoms with van der Waals surface area (Å²) in [6.07, 6.45) is 0. The molecule has 0 aliphatic carbocycles. The van der Waals surface area contributed by atoms with E-state index in [9.17, 15) is 9.59 Å². The summed E-state index contributed by atoms with van der Waals surface area (Å²) in [6.45, 7) is 3.77.